The summed E-state index contributed by atoms with van der Waals surface area (Å²) in [7, 11) is 1.65. The summed E-state index contributed by atoms with van der Waals surface area (Å²) in [5, 5.41) is 11.5. The zero-order chi connectivity index (χ0) is 10.2. The van der Waals surface area contributed by atoms with Crippen LogP contribution in [-0.2, 0) is 6.54 Å². The summed E-state index contributed by atoms with van der Waals surface area (Å²) in [6.07, 6.45) is 0.552. The molecule has 1 rings (SSSR count). The van der Waals surface area contributed by atoms with E-state index in [0.717, 1.165) is 18.8 Å². The molecule has 3 heteroatoms. The molecule has 0 aromatic heterocycles. The zero-order valence-electron chi connectivity index (χ0n) is 8.29. The van der Waals surface area contributed by atoms with Crippen molar-refractivity contribution in [2.75, 3.05) is 13.7 Å². The average Bonchev–Trinajstić information content (AvgIpc) is 2.25. The molecule has 0 fully saturated rings. The Kier molecular flexibility index (Phi) is 4.53. The molecular formula is C11H14N2O. The quantitative estimate of drug-likeness (QED) is 0.719. The molecular weight excluding hydrogens is 176 g/mol. The molecule has 1 N–H and O–H groups in total. The van der Waals surface area contributed by atoms with Crippen LogP contribution in [0.25, 0.3) is 0 Å². The van der Waals surface area contributed by atoms with Crippen LogP contribution in [0.3, 0.4) is 0 Å². The van der Waals surface area contributed by atoms with Crippen molar-refractivity contribution in [3.05, 3.63) is 29.8 Å². The van der Waals surface area contributed by atoms with Crippen molar-refractivity contribution in [1.29, 1.82) is 5.26 Å². The molecule has 0 heterocycles. The molecule has 0 amide bonds. The molecule has 0 radical (unpaired) electrons. The Labute approximate surface area is 84.3 Å². The van der Waals surface area contributed by atoms with Gasteiger partial charge in [0, 0.05) is 19.5 Å². The maximum absolute atomic E-state index is 8.33. The second-order valence-electron chi connectivity index (χ2n) is 2.93. The lowest BCUT2D eigenvalue weighted by atomic mass is 10.2. The lowest BCUT2D eigenvalue weighted by Gasteiger charge is -2.03. The molecule has 74 valence electrons. The monoisotopic (exact) mass is 190 g/mol. The van der Waals surface area contributed by atoms with E-state index in [1.54, 1.807) is 7.11 Å². The van der Waals surface area contributed by atoms with Gasteiger partial charge >= 0.3 is 0 Å². The minimum atomic E-state index is 0.552. The summed E-state index contributed by atoms with van der Waals surface area (Å²) < 4.78 is 5.05. The summed E-state index contributed by atoms with van der Waals surface area (Å²) in [6, 6.07) is 9.98. The topological polar surface area (TPSA) is 45.0 Å². The molecule has 14 heavy (non-hydrogen) atoms. The minimum Gasteiger partial charge on any atom is -0.497 e. The van der Waals surface area contributed by atoms with Crippen molar-refractivity contribution < 1.29 is 4.74 Å². The highest BCUT2D eigenvalue weighted by Gasteiger charge is 1.93. The number of benzene rings is 1. The van der Waals surface area contributed by atoms with E-state index in [1.807, 2.05) is 24.3 Å². The third-order valence-corrected chi connectivity index (χ3v) is 1.90. The number of nitriles is 1. The van der Waals surface area contributed by atoms with Crippen LogP contribution in [0, 0.1) is 11.3 Å². The van der Waals surface area contributed by atoms with E-state index in [4.69, 9.17) is 10.00 Å². The predicted octanol–water partition coefficient (Wildman–Crippen LogP) is 1.70. The van der Waals surface area contributed by atoms with Crippen molar-refractivity contribution in [1.82, 2.24) is 5.32 Å². The molecule has 0 saturated heterocycles. The van der Waals surface area contributed by atoms with Gasteiger partial charge in [0.25, 0.3) is 0 Å². The summed E-state index contributed by atoms with van der Waals surface area (Å²) in [6.45, 7) is 1.54. The van der Waals surface area contributed by atoms with E-state index >= 15 is 0 Å². The lowest BCUT2D eigenvalue weighted by Crippen LogP contribution is -2.13. The van der Waals surface area contributed by atoms with Crippen LogP contribution in [0.5, 0.6) is 5.75 Å². The van der Waals surface area contributed by atoms with Gasteiger partial charge in [-0.15, -0.1) is 0 Å². The van der Waals surface area contributed by atoms with Crippen molar-refractivity contribution in [2.24, 2.45) is 0 Å². The van der Waals surface area contributed by atoms with Gasteiger partial charge < -0.3 is 10.1 Å². The standard InChI is InChI=1S/C11H14N2O/c1-14-11-5-3-10(4-6-11)9-13-8-2-7-12/h3-6,13H,2,8-9H2,1H3. The van der Waals surface area contributed by atoms with Crippen LogP contribution in [0.15, 0.2) is 24.3 Å². The van der Waals surface area contributed by atoms with E-state index in [-0.39, 0.29) is 0 Å². The molecule has 0 spiro atoms. The number of hydrogen-bond acceptors (Lipinski definition) is 3. The summed E-state index contributed by atoms with van der Waals surface area (Å²) in [5.41, 5.74) is 1.20. The molecule has 0 unspecified atom stereocenters. The zero-order valence-corrected chi connectivity index (χ0v) is 8.29. The van der Waals surface area contributed by atoms with Crippen molar-refractivity contribution in [3.63, 3.8) is 0 Å². The van der Waals surface area contributed by atoms with Crippen LogP contribution in [-0.4, -0.2) is 13.7 Å². The first-order valence-corrected chi connectivity index (χ1v) is 4.57. The average molecular weight is 190 g/mol. The van der Waals surface area contributed by atoms with E-state index < -0.39 is 0 Å². The number of methoxy groups -OCH3 is 1. The van der Waals surface area contributed by atoms with Crippen LogP contribution in [0.4, 0.5) is 0 Å². The second kappa shape index (κ2) is 6.01. The van der Waals surface area contributed by atoms with Crippen molar-refractivity contribution in [2.45, 2.75) is 13.0 Å². The van der Waals surface area contributed by atoms with Crippen LogP contribution in [0.2, 0.25) is 0 Å². The minimum absolute atomic E-state index is 0.552. The third-order valence-electron chi connectivity index (χ3n) is 1.90. The van der Waals surface area contributed by atoms with E-state index in [2.05, 4.69) is 11.4 Å². The Morgan fingerprint density at radius 1 is 1.36 bits per heavy atom. The van der Waals surface area contributed by atoms with Crippen LogP contribution in [0.1, 0.15) is 12.0 Å². The summed E-state index contributed by atoms with van der Waals surface area (Å²) in [5.74, 6) is 0.866. The molecule has 1 aromatic rings. The van der Waals surface area contributed by atoms with Crippen molar-refractivity contribution >= 4 is 0 Å². The highest BCUT2D eigenvalue weighted by atomic mass is 16.5. The van der Waals surface area contributed by atoms with Gasteiger partial charge in [0.1, 0.15) is 5.75 Å². The normalized spacial score (nSPS) is 9.43. The largest absolute Gasteiger partial charge is 0.497 e. The lowest BCUT2D eigenvalue weighted by molar-refractivity contribution is 0.414. The Morgan fingerprint density at radius 2 is 2.07 bits per heavy atom. The van der Waals surface area contributed by atoms with Gasteiger partial charge in [0.2, 0.25) is 0 Å². The first-order valence-electron chi connectivity index (χ1n) is 4.57. The van der Waals surface area contributed by atoms with Gasteiger partial charge in [-0.3, -0.25) is 0 Å². The van der Waals surface area contributed by atoms with Gasteiger partial charge in [-0.05, 0) is 17.7 Å². The Bertz CT molecular complexity index is 300. The molecule has 0 saturated carbocycles. The maximum atomic E-state index is 8.33. The van der Waals surface area contributed by atoms with Crippen LogP contribution < -0.4 is 10.1 Å². The molecule has 0 aliphatic carbocycles. The number of hydrogen-bond donors (Lipinski definition) is 1. The first-order chi connectivity index (χ1) is 6.86. The third kappa shape index (κ3) is 3.46. The molecule has 0 aliphatic heterocycles. The SMILES string of the molecule is COc1ccc(CNCCC#N)cc1. The Balaban J connectivity index is 2.33. The van der Waals surface area contributed by atoms with E-state index in [0.29, 0.717) is 6.42 Å². The summed E-state index contributed by atoms with van der Waals surface area (Å²) >= 11 is 0. The number of rotatable bonds is 5. The molecule has 0 atom stereocenters. The van der Waals surface area contributed by atoms with Gasteiger partial charge in [-0.25, -0.2) is 0 Å². The van der Waals surface area contributed by atoms with Gasteiger partial charge in [-0.1, -0.05) is 12.1 Å². The summed E-state index contributed by atoms with van der Waals surface area (Å²) in [4.78, 5) is 0. The molecule has 0 aliphatic rings. The van der Waals surface area contributed by atoms with Crippen LogP contribution >= 0.6 is 0 Å². The molecule has 3 nitrogen and oxygen atoms in total. The maximum Gasteiger partial charge on any atom is 0.118 e. The van der Waals surface area contributed by atoms with Gasteiger partial charge in [0.05, 0.1) is 13.2 Å². The highest BCUT2D eigenvalue weighted by molar-refractivity contribution is 5.26. The smallest absolute Gasteiger partial charge is 0.118 e. The molecule has 0 bridgehead atoms. The number of nitrogens with one attached hydrogen (secondary N) is 1. The fourth-order valence-corrected chi connectivity index (χ4v) is 1.12. The number of ether oxygens (including phenoxy) is 1. The fraction of sp³-hybridized carbons (Fsp3) is 0.364. The van der Waals surface area contributed by atoms with E-state index in [9.17, 15) is 0 Å². The second-order valence-corrected chi connectivity index (χ2v) is 2.93. The Hall–Kier alpha value is -1.53. The van der Waals surface area contributed by atoms with Gasteiger partial charge in [0.15, 0.2) is 0 Å². The predicted molar refractivity (Wildman–Crippen MR) is 54.9 cm³/mol. The number of nitrogens with zero attached hydrogens (tertiary/aromatic N) is 1. The fourth-order valence-electron chi connectivity index (χ4n) is 1.12. The molecule has 1 aromatic carbocycles. The van der Waals surface area contributed by atoms with Gasteiger partial charge in [-0.2, -0.15) is 5.26 Å². The first kappa shape index (κ1) is 10.6. The van der Waals surface area contributed by atoms with Crippen molar-refractivity contribution in [3.8, 4) is 11.8 Å². The Morgan fingerprint density at radius 3 is 2.64 bits per heavy atom. The van der Waals surface area contributed by atoms with E-state index in [1.165, 1.54) is 5.56 Å². The highest BCUT2D eigenvalue weighted by Crippen LogP contribution is 2.10.